The Labute approximate surface area is 191 Å². The zero-order valence-corrected chi connectivity index (χ0v) is 17.8. The largest absolute Gasteiger partial charge is 0.457 e. The summed E-state index contributed by atoms with van der Waals surface area (Å²) in [6, 6.07) is 9.06. The first-order chi connectivity index (χ1) is 15.2. The van der Waals surface area contributed by atoms with Gasteiger partial charge in [0.2, 0.25) is 5.91 Å². The van der Waals surface area contributed by atoms with Gasteiger partial charge < -0.3 is 4.74 Å². The van der Waals surface area contributed by atoms with E-state index in [0.717, 1.165) is 5.01 Å². The summed E-state index contributed by atoms with van der Waals surface area (Å²) in [5.74, 6) is -3.31. The molecule has 1 aliphatic rings. The first-order valence-corrected chi connectivity index (χ1v) is 9.92. The summed E-state index contributed by atoms with van der Waals surface area (Å²) in [5.41, 5.74) is 2.53. The monoisotopic (exact) mass is 479 g/mol. The van der Waals surface area contributed by atoms with Crippen molar-refractivity contribution < 1.29 is 28.8 Å². The van der Waals surface area contributed by atoms with Crippen LogP contribution < -0.4 is 5.43 Å². The number of carbonyl (C=O) groups excluding carboxylic acids is 4. The molecular formula is C20H15Cl2N3O7. The maximum Gasteiger partial charge on any atom is 0.311 e. The summed E-state index contributed by atoms with van der Waals surface area (Å²) in [4.78, 5) is 58.9. The van der Waals surface area contributed by atoms with Crippen molar-refractivity contribution in [3.63, 3.8) is 0 Å². The molecule has 1 unspecified atom stereocenters. The van der Waals surface area contributed by atoms with Crippen LogP contribution in [0.25, 0.3) is 0 Å². The molecule has 0 bridgehead atoms. The van der Waals surface area contributed by atoms with Crippen molar-refractivity contribution in [1.29, 1.82) is 0 Å². The number of hydrogen-bond acceptors (Lipinski definition) is 7. The second kappa shape index (κ2) is 9.75. The number of nitro groups is 1. The number of nitro benzene ring substituents is 1. The normalized spacial score (nSPS) is 15.4. The number of halogens is 2. The van der Waals surface area contributed by atoms with Gasteiger partial charge in [0.05, 0.1) is 27.4 Å². The van der Waals surface area contributed by atoms with Gasteiger partial charge in [-0.15, -0.1) is 0 Å². The van der Waals surface area contributed by atoms with Crippen LogP contribution in [-0.4, -0.2) is 46.7 Å². The molecule has 0 radical (unpaired) electrons. The van der Waals surface area contributed by atoms with E-state index in [4.69, 9.17) is 27.9 Å². The van der Waals surface area contributed by atoms with E-state index in [1.807, 2.05) is 0 Å². The number of nitrogens with one attached hydrogen (secondary N) is 1. The van der Waals surface area contributed by atoms with Gasteiger partial charge in [-0.05, 0) is 30.3 Å². The van der Waals surface area contributed by atoms with E-state index in [0.29, 0.717) is 0 Å². The SMILES string of the molecule is O=C(COC(=O)C1CC(=O)N(NC(=O)c2ccc(Cl)c(Cl)c2)C1)c1ccc([N+](=O)[O-])cc1. The van der Waals surface area contributed by atoms with Gasteiger partial charge in [0.15, 0.2) is 12.4 Å². The molecule has 10 nitrogen and oxygen atoms in total. The Morgan fingerprint density at radius 3 is 2.38 bits per heavy atom. The van der Waals surface area contributed by atoms with Crippen molar-refractivity contribution in [2.45, 2.75) is 6.42 Å². The second-order valence-corrected chi connectivity index (χ2v) is 7.62. The van der Waals surface area contributed by atoms with E-state index in [2.05, 4.69) is 5.43 Å². The Bertz CT molecular complexity index is 1100. The highest BCUT2D eigenvalue weighted by Crippen LogP contribution is 2.23. The van der Waals surface area contributed by atoms with Crippen LogP contribution in [0.4, 0.5) is 5.69 Å². The molecule has 166 valence electrons. The van der Waals surface area contributed by atoms with Crippen molar-refractivity contribution in [3.05, 3.63) is 73.8 Å². The van der Waals surface area contributed by atoms with Crippen LogP contribution in [0, 0.1) is 16.0 Å². The van der Waals surface area contributed by atoms with E-state index in [-0.39, 0.29) is 39.8 Å². The minimum Gasteiger partial charge on any atom is -0.457 e. The summed E-state index contributed by atoms with van der Waals surface area (Å²) >= 11 is 11.7. The van der Waals surface area contributed by atoms with Gasteiger partial charge in [-0.3, -0.25) is 39.7 Å². The summed E-state index contributed by atoms with van der Waals surface area (Å²) in [7, 11) is 0. The predicted octanol–water partition coefficient (Wildman–Crippen LogP) is 2.82. The number of hydrogen-bond donors (Lipinski definition) is 1. The summed E-state index contributed by atoms with van der Waals surface area (Å²) < 4.78 is 4.99. The lowest BCUT2D eigenvalue weighted by Crippen LogP contribution is -2.43. The fraction of sp³-hybridized carbons (Fsp3) is 0.200. The molecule has 0 aliphatic carbocycles. The fourth-order valence-corrected chi connectivity index (χ4v) is 3.20. The topological polar surface area (TPSA) is 136 Å². The van der Waals surface area contributed by atoms with Crippen molar-refractivity contribution in [2.75, 3.05) is 13.2 Å². The summed E-state index contributed by atoms with van der Waals surface area (Å²) in [5, 5.41) is 12.1. The van der Waals surface area contributed by atoms with E-state index < -0.39 is 41.0 Å². The average molecular weight is 480 g/mol. The maximum absolute atomic E-state index is 12.3. The highest BCUT2D eigenvalue weighted by Gasteiger charge is 2.36. The molecule has 1 atom stereocenters. The van der Waals surface area contributed by atoms with Crippen LogP contribution in [-0.2, 0) is 14.3 Å². The number of amides is 2. The Balaban J connectivity index is 1.53. The molecule has 0 aromatic heterocycles. The smallest absolute Gasteiger partial charge is 0.311 e. The molecule has 12 heteroatoms. The number of Topliss-reactive ketones (excluding diaryl/α,β-unsaturated/α-hetero) is 1. The lowest BCUT2D eigenvalue weighted by Gasteiger charge is -2.17. The quantitative estimate of drug-likeness (QED) is 0.279. The van der Waals surface area contributed by atoms with E-state index in [1.54, 1.807) is 0 Å². The van der Waals surface area contributed by atoms with Gasteiger partial charge in [0, 0.05) is 29.7 Å². The Morgan fingerprint density at radius 1 is 1.09 bits per heavy atom. The van der Waals surface area contributed by atoms with Gasteiger partial charge in [-0.25, -0.2) is 0 Å². The number of rotatable bonds is 7. The molecule has 0 spiro atoms. The molecule has 2 aromatic rings. The molecule has 1 aliphatic heterocycles. The van der Waals surface area contributed by atoms with E-state index >= 15 is 0 Å². The van der Waals surface area contributed by atoms with Crippen molar-refractivity contribution in [1.82, 2.24) is 10.4 Å². The Kier molecular flexibility index (Phi) is 7.06. The van der Waals surface area contributed by atoms with Crippen molar-refractivity contribution in [3.8, 4) is 0 Å². The number of benzene rings is 2. The third-order valence-corrected chi connectivity index (χ3v) is 5.36. The van der Waals surface area contributed by atoms with Crippen LogP contribution in [0.5, 0.6) is 0 Å². The predicted molar refractivity (Wildman–Crippen MR) is 112 cm³/mol. The third-order valence-electron chi connectivity index (χ3n) is 4.62. The highest BCUT2D eigenvalue weighted by atomic mass is 35.5. The number of esters is 1. The van der Waals surface area contributed by atoms with Crippen LogP contribution in [0.2, 0.25) is 10.0 Å². The molecule has 1 saturated heterocycles. The molecule has 1 heterocycles. The zero-order valence-electron chi connectivity index (χ0n) is 16.2. The molecule has 2 aromatic carbocycles. The first kappa shape index (κ1) is 23.2. The Morgan fingerprint density at radius 2 is 1.75 bits per heavy atom. The summed E-state index contributed by atoms with van der Waals surface area (Å²) in [6.07, 6.45) is -0.202. The van der Waals surface area contributed by atoms with Gasteiger partial charge >= 0.3 is 5.97 Å². The molecule has 0 saturated carbocycles. The molecule has 1 fully saturated rings. The third kappa shape index (κ3) is 5.40. The molecular weight excluding hydrogens is 465 g/mol. The lowest BCUT2D eigenvalue weighted by molar-refractivity contribution is -0.384. The lowest BCUT2D eigenvalue weighted by atomic mass is 10.1. The molecule has 2 amide bonds. The van der Waals surface area contributed by atoms with Crippen LogP contribution in [0.1, 0.15) is 27.1 Å². The second-order valence-electron chi connectivity index (χ2n) is 6.81. The fourth-order valence-electron chi connectivity index (χ4n) is 2.90. The number of nitrogens with zero attached hydrogens (tertiary/aromatic N) is 2. The minimum absolute atomic E-state index is 0.129. The first-order valence-electron chi connectivity index (χ1n) is 9.16. The average Bonchev–Trinajstić information content (AvgIpc) is 3.13. The van der Waals surface area contributed by atoms with Crippen molar-refractivity contribution >= 4 is 52.5 Å². The maximum atomic E-state index is 12.3. The molecule has 32 heavy (non-hydrogen) atoms. The van der Waals surface area contributed by atoms with Crippen molar-refractivity contribution in [2.24, 2.45) is 5.92 Å². The summed E-state index contributed by atoms with van der Waals surface area (Å²) in [6.45, 7) is -0.715. The molecule has 3 rings (SSSR count). The van der Waals surface area contributed by atoms with Crippen LogP contribution >= 0.6 is 23.2 Å². The van der Waals surface area contributed by atoms with E-state index in [9.17, 15) is 29.3 Å². The van der Waals surface area contributed by atoms with Gasteiger partial charge in [0.25, 0.3) is 11.6 Å². The zero-order chi connectivity index (χ0) is 23.4. The van der Waals surface area contributed by atoms with Gasteiger partial charge in [0.1, 0.15) is 0 Å². The highest BCUT2D eigenvalue weighted by molar-refractivity contribution is 6.42. The minimum atomic E-state index is -0.874. The number of carbonyl (C=O) groups is 4. The number of ether oxygens (including phenoxy) is 1. The van der Waals surface area contributed by atoms with Crippen LogP contribution in [0.15, 0.2) is 42.5 Å². The number of non-ortho nitro benzene ring substituents is 1. The van der Waals surface area contributed by atoms with Gasteiger partial charge in [-0.1, -0.05) is 23.2 Å². The van der Waals surface area contributed by atoms with Crippen LogP contribution in [0.3, 0.4) is 0 Å². The van der Waals surface area contributed by atoms with E-state index in [1.165, 1.54) is 42.5 Å². The number of hydrazine groups is 1. The Hall–Kier alpha value is -3.50. The molecule has 1 N–H and O–H groups in total. The van der Waals surface area contributed by atoms with Gasteiger partial charge in [-0.2, -0.15) is 0 Å². The standard InChI is InChI=1S/C20H15Cl2N3O7/c21-15-6-3-12(7-16(15)22)19(28)23-24-9-13(8-18(24)27)20(29)32-10-17(26)11-1-4-14(5-2-11)25(30)31/h1-7,13H,8-10H2,(H,23,28). The number of ketones is 1.